The Labute approximate surface area is 193 Å². The first-order chi connectivity index (χ1) is 16.1. The molecule has 0 spiro atoms. The SMILES string of the molecule is Cc1cc2c(cc(C)n2Cc2ccc3oc(-c4ccccc4-c4nnn[nH]4)nc3c2)c(Cl)n1. The van der Waals surface area contributed by atoms with Crippen LogP contribution in [0.1, 0.15) is 17.0 Å². The molecule has 33 heavy (non-hydrogen) atoms. The second kappa shape index (κ2) is 7.53. The van der Waals surface area contributed by atoms with E-state index in [0.717, 1.165) is 50.1 Å². The minimum atomic E-state index is 0.519. The molecule has 2 aromatic carbocycles. The molecule has 1 N–H and O–H groups in total. The Morgan fingerprint density at radius 3 is 2.67 bits per heavy atom. The van der Waals surface area contributed by atoms with Gasteiger partial charge in [0.15, 0.2) is 11.4 Å². The summed E-state index contributed by atoms with van der Waals surface area (Å²) in [4.78, 5) is 9.14. The van der Waals surface area contributed by atoms with Crippen LogP contribution >= 0.6 is 11.6 Å². The lowest BCUT2D eigenvalue weighted by molar-refractivity contribution is 0.620. The third kappa shape index (κ3) is 3.35. The van der Waals surface area contributed by atoms with Gasteiger partial charge in [0, 0.05) is 34.4 Å². The summed E-state index contributed by atoms with van der Waals surface area (Å²) >= 11 is 6.38. The van der Waals surface area contributed by atoms with E-state index in [1.165, 1.54) is 0 Å². The number of fused-ring (bicyclic) bond motifs is 2. The lowest BCUT2D eigenvalue weighted by Gasteiger charge is -2.09. The number of nitrogens with zero attached hydrogens (tertiary/aromatic N) is 6. The number of rotatable bonds is 4. The van der Waals surface area contributed by atoms with Gasteiger partial charge >= 0.3 is 0 Å². The topological polar surface area (TPSA) is 98.3 Å². The lowest BCUT2D eigenvalue weighted by atomic mass is 10.1. The Morgan fingerprint density at radius 2 is 1.85 bits per heavy atom. The first-order valence-electron chi connectivity index (χ1n) is 10.4. The summed E-state index contributed by atoms with van der Waals surface area (Å²) in [7, 11) is 0. The monoisotopic (exact) mass is 455 g/mol. The number of H-pyrrole nitrogens is 1. The quantitative estimate of drug-likeness (QED) is 0.360. The van der Waals surface area contributed by atoms with Gasteiger partial charge in [0.25, 0.3) is 0 Å². The Bertz CT molecular complexity index is 1630. The van der Waals surface area contributed by atoms with Crippen molar-refractivity contribution in [2.24, 2.45) is 0 Å². The number of benzene rings is 2. The molecule has 4 heterocycles. The summed E-state index contributed by atoms with van der Waals surface area (Å²) in [5.74, 6) is 1.08. The Balaban J connectivity index is 1.40. The van der Waals surface area contributed by atoms with Gasteiger partial charge in [-0.25, -0.2) is 15.1 Å². The van der Waals surface area contributed by atoms with Crippen LogP contribution in [-0.2, 0) is 6.54 Å². The van der Waals surface area contributed by atoms with Crippen molar-refractivity contribution in [3.63, 3.8) is 0 Å². The van der Waals surface area contributed by atoms with Gasteiger partial charge in [-0.2, -0.15) is 0 Å². The van der Waals surface area contributed by atoms with E-state index in [9.17, 15) is 0 Å². The van der Waals surface area contributed by atoms with Crippen LogP contribution < -0.4 is 0 Å². The molecular formula is C24H18ClN7O. The van der Waals surface area contributed by atoms with Crippen molar-refractivity contribution in [3.05, 3.63) is 76.7 Å². The molecule has 0 saturated heterocycles. The molecule has 4 aromatic heterocycles. The fourth-order valence-electron chi connectivity index (χ4n) is 4.19. The molecule has 0 bridgehead atoms. The number of hydrogen-bond donors (Lipinski definition) is 1. The van der Waals surface area contributed by atoms with Gasteiger partial charge in [-0.05, 0) is 60.2 Å². The van der Waals surface area contributed by atoms with E-state index >= 15 is 0 Å². The average molecular weight is 456 g/mol. The van der Waals surface area contributed by atoms with Crippen molar-refractivity contribution < 1.29 is 4.42 Å². The fourth-order valence-corrected chi connectivity index (χ4v) is 4.48. The predicted octanol–water partition coefficient (Wildman–Crippen LogP) is 5.34. The largest absolute Gasteiger partial charge is 0.436 e. The third-order valence-corrected chi connectivity index (χ3v) is 6.03. The number of oxazole rings is 1. The number of tetrazole rings is 1. The molecule has 0 saturated carbocycles. The van der Waals surface area contributed by atoms with E-state index in [-0.39, 0.29) is 0 Å². The summed E-state index contributed by atoms with van der Waals surface area (Å²) in [5.41, 5.74) is 7.35. The van der Waals surface area contributed by atoms with Gasteiger partial charge in [-0.1, -0.05) is 35.9 Å². The molecule has 9 heteroatoms. The van der Waals surface area contributed by atoms with Gasteiger partial charge in [-0.3, -0.25) is 0 Å². The maximum absolute atomic E-state index is 6.38. The highest BCUT2D eigenvalue weighted by molar-refractivity contribution is 6.34. The maximum atomic E-state index is 6.38. The minimum absolute atomic E-state index is 0.519. The first kappa shape index (κ1) is 19.6. The highest BCUT2D eigenvalue weighted by Gasteiger charge is 2.16. The zero-order chi connectivity index (χ0) is 22.5. The normalized spacial score (nSPS) is 11.6. The van der Waals surface area contributed by atoms with Gasteiger partial charge < -0.3 is 8.98 Å². The molecule has 0 aliphatic heterocycles. The van der Waals surface area contributed by atoms with Crippen LogP contribution in [0.25, 0.3) is 44.8 Å². The van der Waals surface area contributed by atoms with E-state index in [1.807, 2.05) is 37.3 Å². The number of nitrogens with one attached hydrogen (secondary N) is 1. The van der Waals surface area contributed by atoms with Crippen LogP contribution in [0.2, 0.25) is 5.15 Å². The van der Waals surface area contributed by atoms with Crippen molar-refractivity contribution in [1.82, 2.24) is 35.2 Å². The summed E-state index contributed by atoms with van der Waals surface area (Å²) in [6, 6.07) is 18.0. The zero-order valence-corrected chi connectivity index (χ0v) is 18.6. The van der Waals surface area contributed by atoms with Crippen molar-refractivity contribution in [2.45, 2.75) is 20.4 Å². The summed E-state index contributed by atoms with van der Waals surface area (Å²) < 4.78 is 8.32. The summed E-state index contributed by atoms with van der Waals surface area (Å²) in [6.45, 7) is 4.72. The smallest absolute Gasteiger partial charge is 0.228 e. The summed E-state index contributed by atoms with van der Waals surface area (Å²) in [6.07, 6.45) is 0. The van der Waals surface area contributed by atoms with Crippen LogP contribution in [-0.4, -0.2) is 35.2 Å². The van der Waals surface area contributed by atoms with Gasteiger partial charge in [0.05, 0.1) is 5.52 Å². The molecule has 0 aliphatic rings. The Morgan fingerprint density at radius 1 is 1.00 bits per heavy atom. The van der Waals surface area contributed by atoms with Crippen molar-refractivity contribution in [2.75, 3.05) is 0 Å². The highest BCUT2D eigenvalue weighted by atomic mass is 35.5. The number of halogens is 1. The molecule has 6 rings (SSSR count). The Hall–Kier alpha value is -4.04. The molecule has 0 amide bonds. The molecular weight excluding hydrogens is 438 g/mol. The van der Waals surface area contributed by atoms with Crippen LogP contribution in [0.15, 0.2) is 59.0 Å². The number of pyridine rings is 1. The zero-order valence-electron chi connectivity index (χ0n) is 17.9. The number of aryl methyl sites for hydroxylation is 2. The molecule has 0 unspecified atom stereocenters. The highest BCUT2D eigenvalue weighted by Crippen LogP contribution is 2.32. The first-order valence-corrected chi connectivity index (χ1v) is 10.8. The summed E-state index contributed by atoms with van der Waals surface area (Å²) in [5, 5.41) is 15.7. The third-order valence-electron chi connectivity index (χ3n) is 5.74. The van der Waals surface area contributed by atoms with E-state index in [2.05, 4.69) is 61.4 Å². The van der Waals surface area contributed by atoms with Crippen LogP contribution in [0, 0.1) is 13.8 Å². The lowest BCUT2D eigenvalue weighted by Crippen LogP contribution is -2.01. The van der Waals surface area contributed by atoms with Gasteiger partial charge in [-0.15, -0.1) is 5.10 Å². The van der Waals surface area contributed by atoms with Crippen LogP contribution in [0.5, 0.6) is 0 Å². The molecule has 0 atom stereocenters. The Kier molecular flexibility index (Phi) is 4.48. The van der Waals surface area contributed by atoms with E-state index in [0.29, 0.717) is 23.4 Å². The molecule has 0 radical (unpaired) electrons. The van der Waals surface area contributed by atoms with E-state index in [1.54, 1.807) is 0 Å². The van der Waals surface area contributed by atoms with Crippen molar-refractivity contribution in [1.29, 1.82) is 0 Å². The second-order valence-electron chi connectivity index (χ2n) is 7.98. The molecule has 6 aromatic rings. The molecule has 0 fully saturated rings. The standard InChI is InChI=1S/C24H18ClN7O/c1-13-9-20-18(22(25)26-13)10-14(2)32(20)12-15-7-8-21-19(11-15)27-24(33-21)17-6-4-3-5-16(17)23-28-30-31-29-23/h3-11H,12H2,1-2H3,(H,28,29,30,31). The number of aromatic amines is 1. The molecule has 162 valence electrons. The number of hydrogen-bond acceptors (Lipinski definition) is 6. The second-order valence-corrected chi connectivity index (χ2v) is 8.33. The van der Waals surface area contributed by atoms with Crippen LogP contribution in [0.4, 0.5) is 0 Å². The fraction of sp³-hybridized carbons (Fsp3) is 0.125. The van der Waals surface area contributed by atoms with E-state index in [4.69, 9.17) is 21.0 Å². The predicted molar refractivity (Wildman–Crippen MR) is 126 cm³/mol. The van der Waals surface area contributed by atoms with Gasteiger partial charge in [0.2, 0.25) is 5.89 Å². The average Bonchev–Trinajstić information content (AvgIpc) is 3.54. The van der Waals surface area contributed by atoms with Gasteiger partial charge in [0.1, 0.15) is 10.7 Å². The van der Waals surface area contributed by atoms with Crippen molar-refractivity contribution in [3.8, 4) is 22.8 Å². The van der Waals surface area contributed by atoms with Crippen LogP contribution in [0.3, 0.4) is 0 Å². The number of aromatic nitrogens is 7. The van der Waals surface area contributed by atoms with E-state index < -0.39 is 0 Å². The molecule has 8 nitrogen and oxygen atoms in total. The minimum Gasteiger partial charge on any atom is -0.436 e. The molecule has 0 aliphatic carbocycles. The van der Waals surface area contributed by atoms with Crippen molar-refractivity contribution >= 4 is 33.6 Å². The maximum Gasteiger partial charge on any atom is 0.228 e.